The molecule has 2 nitrogen and oxygen atoms in total. The van der Waals surface area contributed by atoms with Crippen molar-refractivity contribution in [2.75, 3.05) is 0 Å². The van der Waals surface area contributed by atoms with Gasteiger partial charge in [0.1, 0.15) is 11.6 Å². The smallest absolute Gasteiger partial charge is 0.134 e. The lowest BCUT2D eigenvalue weighted by molar-refractivity contribution is 0.600. The maximum Gasteiger partial charge on any atom is 0.134 e. The minimum absolute atomic E-state index is 0.190. The summed E-state index contributed by atoms with van der Waals surface area (Å²) in [5.41, 5.74) is 6.52. The first-order chi connectivity index (χ1) is 18.5. The molecule has 0 amide bonds. The van der Waals surface area contributed by atoms with E-state index in [0.29, 0.717) is 27.8 Å². The van der Waals surface area contributed by atoms with Crippen LogP contribution in [0, 0.1) is 41.2 Å². The van der Waals surface area contributed by atoms with Crippen molar-refractivity contribution < 1.29 is 8.78 Å². The minimum Gasteiger partial charge on any atom is -0.206 e. The SMILES string of the molecule is Cc1c(CCCCCCCc2ccc(-c3ccc(C#N)cc3)c(F)c2)ccc(-c2ccc(C#N)cc2)c1F. The highest BCUT2D eigenvalue weighted by atomic mass is 19.1. The summed E-state index contributed by atoms with van der Waals surface area (Å²) < 4.78 is 29.7. The van der Waals surface area contributed by atoms with Gasteiger partial charge in [-0.15, -0.1) is 0 Å². The number of hydrogen-bond acceptors (Lipinski definition) is 2. The van der Waals surface area contributed by atoms with Crippen LogP contribution in [-0.2, 0) is 12.8 Å². The Kier molecular flexibility index (Phi) is 9.02. The second-order valence-electron chi connectivity index (χ2n) is 9.67. The number of rotatable bonds is 10. The lowest BCUT2D eigenvalue weighted by atomic mass is 9.95. The third kappa shape index (κ3) is 6.53. The number of aryl methyl sites for hydroxylation is 2. The highest BCUT2D eigenvalue weighted by molar-refractivity contribution is 5.67. The maximum atomic E-state index is 15.0. The summed E-state index contributed by atoms with van der Waals surface area (Å²) in [5.74, 6) is -0.426. The molecule has 0 radical (unpaired) electrons. The van der Waals surface area contributed by atoms with Crippen molar-refractivity contribution in [1.29, 1.82) is 10.5 Å². The van der Waals surface area contributed by atoms with E-state index in [1.807, 2.05) is 31.2 Å². The van der Waals surface area contributed by atoms with Crippen LogP contribution in [0.15, 0.2) is 78.9 Å². The summed E-state index contributed by atoms with van der Waals surface area (Å²) >= 11 is 0. The van der Waals surface area contributed by atoms with Crippen molar-refractivity contribution in [3.63, 3.8) is 0 Å². The van der Waals surface area contributed by atoms with E-state index in [1.54, 1.807) is 54.6 Å². The molecule has 4 heteroatoms. The van der Waals surface area contributed by atoms with E-state index in [0.717, 1.165) is 67.2 Å². The zero-order valence-electron chi connectivity index (χ0n) is 21.6. The summed E-state index contributed by atoms with van der Waals surface area (Å²) in [7, 11) is 0. The van der Waals surface area contributed by atoms with Gasteiger partial charge in [-0.05, 0) is 90.8 Å². The van der Waals surface area contributed by atoms with Crippen LogP contribution in [0.25, 0.3) is 22.3 Å². The molecular formula is C34H30F2N2. The Morgan fingerprint density at radius 2 is 1.13 bits per heavy atom. The first kappa shape index (κ1) is 26.8. The van der Waals surface area contributed by atoms with E-state index in [2.05, 4.69) is 12.1 Å². The van der Waals surface area contributed by atoms with Crippen LogP contribution in [0.2, 0.25) is 0 Å². The van der Waals surface area contributed by atoms with Gasteiger partial charge in [0, 0.05) is 11.1 Å². The number of nitrogens with zero attached hydrogens (tertiary/aromatic N) is 2. The van der Waals surface area contributed by atoms with Crippen LogP contribution in [0.5, 0.6) is 0 Å². The topological polar surface area (TPSA) is 47.6 Å². The van der Waals surface area contributed by atoms with Gasteiger partial charge in [0.15, 0.2) is 0 Å². The minimum atomic E-state index is -0.236. The molecule has 0 saturated carbocycles. The molecule has 4 aromatic rings. The Balaban J connectivity index is 1.21. The van der Waals surface area contributed by atoms with Gasteiger partial charge in [-0.1, -0.05) is 67.8 Å². The Bertz CT molecular complexity index is 1470. The first-order valence-electron chi connectivity index (χ1n) is 13.1. The van der Waals surface area contributed by atoms with Gasteiger partial charge in [-0.3, -0.25) is 0 Å². The molecule has 0 bridgehead atoms. The molecule has 0 aliphatic rings. The average Bonchev–Trinajstić information content (AvgIpc) is 2.95. The monoisotopic (exact) mass is 504 g/mol. The molecule has 190 valence electrons. The van der Waals surface area contributed by atoms with Gasteiger partial charge < -0.3 is 0 Å². The normalized spacial score (nSPS) is 10.7. The van der Waals surface area contributed by atoms with E-state index in [9.17, 15) is 4.39 Å². The summed E-state index contributed by atoms with van der Waals surface area (Å²) in [6, 6.07) is 27.4. The van der Waals surface area contributed by atoms with Crippen molar-refractivity contribution in [2.24, 2.45) is 0 Å². The molecule has 0 spiro atoms. The van der Waals surface area contributed by atoms with Crippen LogP contribution in [0.3, 0.4) is 0 Å². The molecule has 0 aliphatic carbocycles. The van der Waals surface area contributed by atoms with E-state index in [1.165, 1.54) is 0 Å². The molecule has 0 aliphatic heterocycles. The van der Waals surface area contributed by atoms with Crippen LogP contribution in [0.4, 0.5) is 8.78 Å². The van der Waals surface area contributed by atoms with Crippen LogP contribution >= 0.6 is 0 Å². The first-order valence-corrected chi connectivity index (χ1v) is 13.1. The fraction of sp³-hybridized carbons (Fsp3) is 0.235. The van der Waals surface area contributed by atoms with Gasteiger partial charge in [0.25, 0.3) is 0 Å². The lowest BCUT2D eigenvalue weighted by Gasteiger charge is -2.11. The number of unbranched alkanes of at least 4 members (excludes halogenated alkanes) is 4. The Labute approximate surface area is 223 Å². The average molecular weight is 505 g/mol. The highest BCUT2D eigenvalue weighted by Gasteiger charge is 2.12. The van der Waals surface area contributed by atoms with E-state index >= 15 is 4.39 Å². The van der Waals surface area contributed by atoms with Crippen molar-refractivity contribution in [3.05, 3.63) is 118 Å². The fourth-order valence-corrected chi connectivity index (χ4v) is 4.79. The standard InChI is InChI=1S/C34H30F2N2/c1-24-28(18-20-32(34(24)36)30-16-11-27(23-38)12-17-30)8-6-4-2-3-5-7-25-13-19-31(33(35)21-25)29-14-9-26(22-37)10-15-29/h9-21H,2-8H2,1H3. The van der Waals surface area contributed by atoms with Gasteiger partial charge in [0.05, 0.1) is 23.3 Å². The zero-order valence-corrected chi connectivity index (χ0v) is 21.6. The molecule has 4 aromatic carbocycles. The van der Waals surface area contributed by atoms with Crippen molar-refractivity contribution >= 4 is 0 Å². The maximum absolute atomic E-state index is 15.0. The molecule has 0 saturated heterocycles. The molecule has 0 N–H and O–H groups in total. The molecule has 0 heterocycles. The Morgan fingerprint density at radius 1 is 0.605 bits per heavy atom. The predicted octanol–water partition coefficient (Wildman–Crippen LogP) is 9.09. The van der Waals surface area contributed by atoms with Gasteiger partial charge in [0.2, 0.25) is 0 Å². The number of benzene rings is 4. The highest BCUT2D eigenvalue weighted by Crippen LogP contribution is 2.28. The van der Waals surface area contributed by atoms with Crippen molar-refractivity contribution in [3.8, 4) is 34.4 Å². The van der Waals surface area contributed by atoms with Crippen molar-refractivity contribution in [2.45, 2.75) is 51.9 Å². The van der Waals surface area contributed by atoms with E-state index in [4.69, 9.17) is 10.5 Å². The Hall–Kier alpha value is -4.28. The molecule has 0 atom stereocenters. The molecule has 0 fully saturated rings. The number of halogens is 2. The third-order valence-corrected chi connectivity index (χ3v) is 7.09. The molecule has 0 unspecified atom stereocenters. The summed E-state index contributed by atoms with van der Waals surface area (Å²) in [6.07, 6.45) is 6.93. The quantitative estimate of drug-likeness (QED) is 0.202. The number of hydrogen-bond donors (Lipinski definition) is 0. The van der Waals surface area contributed by atoms with E-state index in [-0.39, 0.29) is 11.6 Å². The van der Waals surface area contributed by atoms with Gasteiger partial charge >= 0.3 is 0 Å². The second-order valence-corrected chi connectivity index (χ2v) is 9.67. The van der Waals surface area contributed by atoms with Crippen LogP contribution in [0.1, 0.15) is 59.9 Å². The summed E-state index contributed by atoms with van der Waals surface area (Å²) in [4.78, 5) is 0. The molecular weight excluding hydrogens is 474 g/mol. The molecule has 4 rings (SSSR count). The van der Waals surface area contributed by atoms with E-state index < -0.39 is 0 Å². The summed E-state index contributed by atoms with van der Waals surface area (Å²) in [5, 5.41) is 17.9. The lowest BCUT2D eigenvalue weighted by Crippen LogP contribution is -1.97. The zero-order chi connectivity index (χ0) is 26.9. The molecule has 0 aromatic heterocycles. The molecule has 38 heavy (non-hydrogen) atoms. The van der Waals surface area contributed by atoms with Crippen LogP contribution in [-0.4, -0.2) is 0 Å². The van der Waals surface area contributed by atoms with Crippen LogP contribution < -0.4 is 0 Å². The number of nitriles is 2. The largest absolute Gasteiger partial charge is 0.206 e. The Morgan fingerprint density at radius 3 is 1.71 bits per heavy atom. The predicted molar refractivity (Wildman–Crippen MR) is 148 cm³/mol. The summed E-state index contributed by atoms with van der Waals surface area (Å²) in [6.45, 7) is 1.84. The fourth-order valence-electron chi connectivity index (χ4n) is 4.79. The van der Waals surface area contributed by atoms with Gasteiger partial charge in [-0.2, -0.15) is 10.5 Å². The second kappa shape index (κ2) is 12.8. The van der Waals surface area contributed by atoms with Crippen molar-refractivity contribution in [1.82, 2.24) is 0 Å². The van der Waals surface area contributed by atoms with Gasteiger partial charge in [-0.25, -0.2) is 8.78 Å². The third-order valence-electron chi connectivity index (χ3n) is 7.09.